The van der Waals surface area contributed by atoms with E-state index >= 15 is 0 Å². The van der Waals surface area contributed by atoms with Crippen molar-refractivity contribution in [3.05, 3.63) is 281 Å². The average Bonchev–Trinajstić information content (AvgIpc) is 1.71. The van der Waals surface area contributed by atoms with E-state index in [1.165, 1.54) is 68.6 Å². The van der Waals surface area contributed by atoms with Crippen LogP contribution in [0.4, 0.5) is 0 Å². The molecule has 0 aliphatic carbocycles. The van der Waals surface area contributed by atoms with Crippen LogP contribution in [0.15, 0.2) is 219 Å². The van der Waals surface area contributed by atoms with Gasteiger partial charge in [-0.2, -0.15) is 26.2 Å². The maximum absolute atomic E-state index is 12.1. The summed E-state index contributed by atoms with van der Waals surface area (Å²) in [5, 5.41) is 2.00. The van der Waals surface area contributed by atoms with Gasteiger partial charge in [0, 0.05) is 114 Å². The van der Waals surface area contributed by atoms with Crippen LogP contribution in [0.25, 0.3) is 125 Å². The molecule has 0 atom stereocenters. The summed E-state index contributed by atoms with van der Waals surface area (Å²) in [6.45, 7) is 15.3. The van der Waals surface area contributed by atoms with Crippen molar-refractivity contribution in [1.29, 1.82) is 0 Å². The number of amides is 4. The number of hydroxylamine groups is 4. The number of methoxy groups -OCH3 is 1. The molecule has 125 heavy (non-hydrogen) atoms. The first-order chi connectivity index (χ1) is 60.3. The monoisotopic (exact) mass is 1850 g/mol. The van der Waals surface area contributed by atoms with Gasteiger partial charge in [0.25, 0.3) is 23.6 Å². The number of carbonyl (C=O) groups excluding carboxylic acids is 6. The Kier molecular flexibility index (Phi) is 32.5. The molecule has 2 saturated heterocycles. The molecule has 0 N–H and O–H groups in total. The SMILES string of the molecule is CCc1nc(-c2ccc(C)cc2)c2nsnc2c1-c1ccc(C)cc1.COc1cccnc1.Cc1ccc(-c2nc(/C=C/c3ccc[n+](CCCCC(=O)ON4C(=O)CCC4=O)c3)c(-c3ccc(C)cc3)c3nsnc23)cc1.Cc1ccc(-c2nc(/C=C/c3cccnc3)c(-c3ccc(C)cc3)c3nsnc23)cc1.O=C(CCCCBr)ON1C(=O)CCC1=O.[Br-]. The number of hydrogen-bond donors (Lipinski definition) is 0. The quantitative estimate of drug-likeness (QED) is 0.0249. The first kappa shape index (κ1) is 91.3. The fraction of sp³-hybridized carbons (Fsp3) is 0.216. The molecule has 634 valence electrons. The summed E-state index contributed by atoms with van der Waals surface area (Å²) < 4.78 is 34.8. The number of benzene rings is 6. The maximum Gasteiger partial charge on any atom is 0.333 e. The van der Waals surface area contributed by atoms with Gasteiger partial charge in [0.2, 0.25) is 0 Å². The molecule has 15 aromatic rings. The van der Waals surface area contributed by atoms with Crippen molar-refractivity contribution in [2.45, 2.75) is 126 Å². The van der Waals surface area contributed by atoms with Crippen LogP contribution in [-0.4, -0.2) is 109 Å². The summed E-state index contributed by atoms with van der Waals surface area (Å²) >= 11 is 6.91. The Morgan fingerprint density at radius 1 is 0.424 bits per heavy atom. The highest BCUT2D eigenvalue weighted by Crippen LogP contribution is 2.41. The zero-order valence-electron chi connectivity index (χ0n) is 70.2. The average molecular weight is 1850 g/mol. The van der Waals surface area contributed by atoms with Crippen LogP contribution in [0.2, 0.25) is 0 Å². The van der Waals surface area contributed by atoms with E-state index in [1.54, 1.807) is 25.7 Å². The predicted molar refractivity (Wildman–Crippen MR) is 491 cm³/mol. The van der Waals surface area contributed by atoms with Gasteiger partial charge in [-0.05, 0) is 132 Å². The number of pyridine rings is 6. The molecule has 0 unspecified atom stereocenters. The van der Waals surface area contributed by atoms with Crippen LogP contribution in [0.3, 0.4) is 0 Å². The van der Waals surface area contributed by atoms with E-state index in [0.717, 1.165) is 159 Å². The van der Waals surface area contributed by atoms with Crippen molar-refractivity contribution in [3.8, 4) is 72.9 Å². The molecule has 9 aromatic heterocycles. The molecule has 6 aromatic carbocycles. The Balaban J connectivity index is 0.000000155. The number of alkyl halides is 1. The minimum Gasteiger partial charge on any atom is -1.00 e. The Bertz CT molecular complexity index is 6290. The van der Waals surface area contributed by atoms with E-state index in [4.69, 9.17) is 28.9 Å². The third-order valence-electron chi connectivity index (χ3n) is 20.2. The molecule has 0 bridgehead atoms. The Hall–Kier alpha value is -12.9. The first-order valence-electron chi connectivity index (χ1n) is 40.6. The number of unbranched alkanes of at least 4 members (excludes halogenated alkanes) is 2. The Labute approximate surface area is 756 Å². The molecule has 2 fully saturated rings. The largest absolute Gasteiger partial charge is 1.00 e. The van der Waals surface area contributed by atoms with Crippen molar-refractivity contribution in [2.75, 3.05) is 12.4 Å². The van der Waals surface area contributed by atoms with E-state index < -0.39 is 35.6 Å². The van der Waals surface area contributed by atoms with Gasteiger partial charge in [-0.1, -0.05) is 214 Å². The second-order valence-corrected chi connectivity index (χ2v) is 32.0. The van der Waals surface area contributed by atoms with Crippen LogP contribution in [0, 0.1) is 41.5 Å². The third-order valence-corrected chi connectivity index (χ3v) is 22.4. The molecule has 17 rings (SSSR count). The molecule has 2 aliphatic heterocycles. The second kappa shape index (κ2) is 44.5. The lowest BCUT2D eigenvalue weighted by Gasteiger charge is -2.12. The summed E-state index contributed by atoms with van der Waals surface area (Å²) in [6.07, 6.45) is 23.6. The highest BCUT2D eigenvalue weighted by atomic mass is 79.9. The zero-order chi connectivity index (χ0) is 87.0. The number of aryl methyl sites for hydroxylation is 8. The highest BCUT2D eigenvalue weighted by molar-refractivity contribution is 9.09. The van der Waals surface area contributed by atoms with Crippen LogP contribution >= 0.6 is 51.1 Å². The summed E-state index contributed by atoms with van der Waals surface area (Å²) in [7, 11) is 1.62. The van der Waals surface area contributed by atoms with Gasteiger partial charge in [-0.15, -0.1) is 10.1 Å². The van der Waals surface area contributed by atoms with Gasteiger partial charge in [0.05, 0.1) is 82.7 Å². The van der Waals surface area contributed by atoms with E-state index in [0.29, 0.717) is 29.5 Å². The maximum atomic E-state index is 12.1. The molecule has 4 amide bonds. The number of fused-ring (bicyclic) bond motifs is 3. The molecule has 0 radical (unpaired) electrons. The van der Waals surface area contributed by atoms with Gasteiger partial charge in [-0.25, -0.2) is 29.1 Å². The lowest BCUT2D eigenvalue weighted by atomic mass is 9.97. The fourth-order valence-electron chi connectivity index (χ4n) is 13.5. The van der Waals surface area contributed by atoms with Gasteiger partial charge < -0.3 is 31.4 Å². The number of imide groups is 2. The van der Waals surface area contributed by atoms with Crippen molar-refractivity contribution in [1.82, 2.24) is 61.3 Å². The predicted octanol–water partition coefficient (Wildman–Crippen LogP) is 17.7. The third kappa shape index (κ3) is 23.9. The topological polar surface area (TPSA) is 282 Å². The molecule has 2 aliphatic rings. The van der Waals surface area contributed by atoms with E-state index in [2.05, 4.69) is 251 Å². The molecule has 0 spiro atoms. The van der Waals surface area contributed by atoms with E-state index in [-0.39, 0.29) is 55.5 Å². The highest BCUT2D eigenvalue weighted by Gasteiger charge is 2.34. The lowest BCUT2D eigenvalue weighted by molar-refractivity contribution is -0.697. The number of aromatic nitrogens is 12. The zero-order valence-corrected chi connectivity index (χ0v) is 75.8. The Morgan fingerprint density at radius 3 is 1.16 bits per heavy atom. The van der Waals surface area contributed by atoms with Crippen molar-refractivity contribution < 1.29 is 64.7 Å². The van der Waals surface area contributed by atoms with Crippen LogP contribution in [0.1, 0.15) is 133 Å². The normalized spacial score (nSPS) is 12.3. The van der Waals surface area contributed by atoms with Gasteiger partial charge in [0.1, 0.15) is 45.4 Å². The van der Waals surface area contributed by atoms with Crippen molar-refractivity contribution >= 4 is 144 Å². The van der Waals surface area contributed by atoms with Crippen LogP contribution in [-0.2, 0) is 51.4 Å². The molecule has 11 heterocycles. The first-order valence-corrected chi connectivity index (χ1v) is 43.9. The lowest BCUT2D eigenvalue weighted by Crippen LogP contribution is -3.00. The number of halogens is 2. The number of hydrogen-bond acceptors (Lipinski definition) is 23. The van der Waals surface area contributed by atoms with Crippen LogP contribution in [0.5, 0.6) is 5.75 Å². The van der Waals surface area contributed by atoms with Crippen molar-refractivity contribution in [3.63, 3.8) is 0 Å². The molecule has 28 heteroatoms. The molecule has 0 saturated carbocycles. The minimum atomic E-state index is -0.575. The van der Waals surface area contributed by atoms with Crippen molar-refractivity contribution in [2.24, 2.45) is 0 Å². The molecular weight excluding hydrogens is 1760 g/mol. The number of rotatable bonds is 23. The summed E-state index contributed by atoms with van der Waals surface area (Å²) in [5.41, 5.74) is 29.2. The smallest absolute Gasteiger partial charge is 0.333 e. The van der Waals surface area contributed by atoms with Gasteiger partial charge >= 0.3 is 11.9 Å². The summed E-state index contributed by atoms with van der Waals surface area (Å²) in [6, 6.07) is 62.2. The van der Waals surface area contributed by atoms with E-state index in [1.807, 2.05) is 79.3 Å². The summed E-state index contributed by atoms with van der Waals surface area (Å²) in [5.74, 6) is -2.11. The Morgan fingerprint density at radius 2 is 0.784 bits per heavy atom. The summed E-state index contributed by atoms with van der Waals surface area (Å²) in [4.78, 5) is 102. The molecule has 23 nitrogen and oxygen atoms in total. The van der Waals surface area contributed by atoms with E-state index in [9.17, 15) is 28.8 Å². The number of ether oxygens (including phenoxy) is 1. The van der Waals surface area contributed by atoms with Gasteiger partial charge in [0.15, 0.2) is 12.4 Å². The minimum absolute atomic E-state index is 0. The second-order valence-electron chi connectivity index (χ2n) is 29.6. The number of nitrogens with zero attached hydrogens (tertiary/aromatic N) is 14. The fourth-order valence-corrected chi connectivity index (χ4v) is 15.5. The molecular formula is C97H90Br2N14O9S3. The number of carbonyl (C=O) groups is 6. The van der Waals surface area contributed by atoms with Crippen LogP contribution < -0.4 is 26.3 Å². The van der Waals surface area contributed by atoms with Gasteiger partial charge in [-0.3, -0.25) is 29.1 Å². The standard InChI is InChI=1S/C35H32N5O4S.C26H20N4S.C21H19N3S.C9H12BrNO4.C6H7NO.BrH/c1-23-8-13-26(14-9-23)32-28(36-33(35-34(32)37-45-38-35)27-15-10-24(2)11-16-27)17-12-25-6-5-21-39(22-25)20-4-3-7-31(43)44-40-29(41)18-19-30(40)42;1-17-5-10-20(11-6-17)23-22(14-9-19-4-3-15-27-16-19)28-24(26-25(23)29-31-30-26)21-12-7-18(2)8-13-21;1-4-17-18(15-9-5-13(2)6-10-15)20-21(24-25-23-20)19(22-17)16-11-7-14(3)8-12-16;10-6-2-1-3-9(14)15-11-7(12)4-5-8(11)13;1-8-6-3-2-4-7-5-6;/h5-6,8-17,21-22H,3-4,7,18-20H2,1-2H3;3-16H,1-2H3;5-12H,4H2,1-3H3;1-6H2;2-5H,1H3;1H/q+1;;;;;/p-1/b17-12+;14-9+;;;;.